The fourth-order valence-electron chi connectivity index (χ4n) is 2.28. The Kier molecular flexibility index (Phi) is 5.24. The van der Waals surface area contributed by atoms with Gasteiger partial charge < -0.3 is 15.0 Å². The number of carbonyl (C=O) groups is 1. The minimum absolute atomic E-state index is 0.232. The third kappa shape index (κ3) is 4.87. The van der Waals surface area contributed by atoms with Crippen molar-refractivity contribution in [2.24, 2.45) is 0 Å². The van der Waals surface area contributed by atoms with Crippen molar-refractivity contribution >= 4 is 6.09 Å². The van der Waals surface area contributed by atoms with E-state index < -0.39 is 5.60 Å². The maximum atomic E-state index is 12.0. The highest BCUT2D eigenvalue weighted by Crippen LogP contribution is 2.15. The van der Waals surface area contributed by atoms with Crippen LogP contribution in [-0.4, -0.2) is 46.4 Å². The highest BCUT2D eigenvalue weighted by molar-refractivity contribution is 5.68. The molecule has 0 unspecified atom stereocenters. The van der Waals surface area contributed by atoms with Crippen molar-refractivity contribution in [1.82, 2.24) is 20.4 Å². The van der Waals surface area contributed by atoms with E-state index in [4.69, 9.17) is 4.74 Å². The number of carbonyl (C=O) groups excluding carboxylic acids is 1. The SMILES string of the molecule is Cc1[nH]ncc1CNCC1=CCN(C(=O)OC(C)(C)C)CC1. The number of amides is 1. The van der Waals surface area contributed by atoms with E-state index in [1.165, 1.54) is 11.1 Å². The molecule has 6 nitrogen and oxygen atoms in total. The number of ether oxygens (including phenoxy) is 1. The molecule has 1 amide bonds. The number of nitrogens with zero attached hydrogens (tertiary/aromatic N) is 2. The van der Waals surface area contributed by atoms with Gasteiger partial charge in [0.1, 0.15) is 5.60 Å². The quantitative estimate of drug-likeness (QED) is 0.838. The van der Waals surface area contributed by atoms with E-state index >= 15 is 0 Å². The number of aromatic amines is 1. The third-order valence-electron chi connectivity index (χ3n) is 3.56. The Hall–Kier alpha value is -1.82. The van der Waals surface area contributed by atoms with Gasteiger partial charge in [-0.25, -0.2) is 4.79 Å². The summed E-state index contributed by atoms with van der Waals surface area (Å²) in [7, 11) is 0. The highest BCUT2D eigenvalue weighted by atomic mass is 16.6. The van der Waals surface area contributed by atoms with Crippen molar-refractivity contribution in [3.63, 3.8) is 0 Å². The van der Waals surface area contributed by atoms with Gasteiger partial charge in [0.05, 0.1) is 6.20 Å². The van der Waals surface area contributed by atoms with Gasteiger partial charge in [0.15, 0.2) is 0 Å². The molecule has 2 N–H and O–H groups in total. The van der Waals surface area contributed by atoms with E-state index in [2.05, 4.69) is 21.6 Å². The van der Waals surface area contributed by atoms with Gasteiger partial charge in [0.2, 0.25) is 0 Å². The number of hydrogen-bond donors (Lipinski definition) is 2. The first-order chi connectivity index (χ1) is 10.3. The average Bonchev–Trinajstić information content (AvgIpc) is 2.83. The smallest absolute Gasteiger partial charge is 0.410 e. The zero-order valence-corrected chi connectivity index (χ0v) is 13.9. The Morgan fingerprint density at radius 2 is 2.23 bits per heavy atom. The Morgan fingerprint density at radius 3 is 2.77 bits per heavy atom. The zero-order valence-electron chi connectivity index (χ0n) is 13.9. The van der Waals surface area contributed by atoms with Gasteiger partial charge in [0, 0.05) is 37.4 Å². The Labute approximate surface area is 131 Å². The van der Waals surface area contributed by atoms with E-state index in [1.54, 1.807) is 4.90 Å². The summed E-state index contributed by atoms with van der Waals surface area (Å²) in [4.78, 5) is 13.7. The van der Waals surface area contributed by atoms with Crippen LogP contribution in [0.15, 0.2) is 17.8 Å². The molecule has 0 aliphatic carbocycles. The molecule has 1 aliphatic heterocycles. The molecule has 0 radical (unpaired) electrons. The van der Waals surface area contributed by atoms with Crippen LogP contribution < -0.4 is 5.32 Å². The fraction of sp³-hybridized carbons (Fsp3) is 0.625. The van der Waals surface area contributed by atoms with E-state index in [1.807, 2.05) is 33.9 Å². The minimum Gasteiger partial charge on any atom is -0.444 e. The van der Waals surface area contributed by atoms with Crippen LogP contribution in [0.25, 0.3) is 0 Å². The molecule has 122 valence electrons. The molecule has 0 saturated heterocycles. The molecule has 0 aromatic carbocycles. The molecule has 1 aliphatic rings. The first kappa shape index (κ1) is 16.5. The average molecular weight is 306 g/mol. The predicted molar refractivity (Wildman–Crippen MR) is 85.5 cm³/mol. The van der Waals surface area contributed by atoms with Crippen LogP contribution in [0.4, 0.5) is 4.79 Å². The second kappa shape index (κ2) is 6.96. The summed E-state index contributed by atoms with van der Waals surface area (Å²) in [6, 6.07) is 0. The van der Waals surface area contributed by atoms with Crippen molar-refractivity contribution < 1.29 is 9.53 Å². The van der Waals surface area contributed by atoms with Gasteiger partial charge in [-0.15, -0.1) is 0 Å². The van der Waals surface area contributed by atoms with Gasteiger partial charge >= 0.3 is 6.09 Å². The number of hydrogen-bond acceptors (Lipinski definition) is 4. The normalized spacial score (nSPS) is 15.6. The second-order valence-corrected chi connectivity index (χ2v) is 6.66. The molecular formula is C16H26N4O2. The molecule has 0 atom stereocenters. The van der Waals surface area contributed by atoms with Gasteiger partial charge in [0.25, 0.3) is 0 Å². The number of rotatable bonds is 4. The molecule has 0 spiro atoms. The summed E-state index contributed by atoms with van der Waals surface area (Å²) >= 11 is 0. The summed E-state index contributed by atoms with van der Waals surface area (Å²) in [6.45, 7) is 10.7. The van der Waals surface area contributed by atoms with Crippen molar-refractivity contribution in [3.8, 4) is 0 Å². The van der Waals surface area contributed by atoms with Gasteiger partial charge in [-0.05, 0) is 34.1 Å². The maximum Gasteiger partial charge on any atom is 0.410 e. The lowest BCUT2D eigenvalue weighted by atomic mass is 10.1. The van der Waals surface area contributed by atoms with Crippen LogP contribution in [0.5, 0.6) is 0 Å². The first-order valence-electron chi connectivity index (χ1n) is 7.70. The molecule has 2 heterocycles. The second-order valence-electron chi connectivity index (χ2n) is 6.66. The summed E-state index contributed by atoms with van der Waals surface area (Å²) in [5.41, 5.74) is 3.18. The molecule has 6 heteroatoms. The molecule has 0 saturated carbocycles. The van der Waals surface area contributed by atoms with Crippen molar-refractivity contribution in [2.45, 2.75) is 46.3 Å². The lowest BCUT2D eigenvalue weighted by Crippen LogP contribution is -2.39. The summed E-state index contributed by atoms with van der Waals surface area (Å²) < 4.78 is 5.39. The Balaban J connectivity index is 1.75. The molecule has 22 heavy (non-hydrogen) atoms. The van der Waals surface area contributed by atoms with E-state index in [-0.39, 0.29) is 6.09 Å². The largest absolute Gasteiger partial charge is 0.444 e. The molecule has 2 rings (SSSR count). The van der Waals surface area contributed by atoms with Crippen LogP contribution in [0, 0.1) is 6.92 Å². The molecule has 1 aromatic heterocycles. The molecule has 0 fully saturated rings. The highest BCUT2D eigenvalue weighted by Gasteiger charge is 2.23. The van der Waals surface area contributed by atoms with Crippen molar-refractivity contribution in [1.29, 1.82) is 0 Å². The lowest BCUT2D eigenvalue weighted by molar-refractivity contribution is 0.0265. The van der Waals surface area contributed by atoms with Gasteiger partial charge in [-0.1, -0.05) is 11.6 Å². The topological polar surface area (TPSA) is 70.2 Å². The summed E-state index contributed by atoms with van der Waals surface area (Å²) in [5, 5.41) is 10.4. The first-order valence-corrected chi connectivity index (χ1v) is 7.70. The van der Waals surface area contributed by atoms with Crippen LogP contribution in [0.2, 0.25) is 0 Å². The summed E-state index contributed by atoms with van der Waals surface area (Å²) in [5.74, 6) is 0. The van der Waals surface area contributed by atoms with Crippen molar-refractivity contribution in [3.05, 3.63) is 29.1 Å². The molecular weight excluding hydrogens is 280 g/mol. The number of nitrogens with one attached hydrogen (secondary N) is 2. The third-order valence-corrected chi connectivity index (χ3v) is 3.56. The predicted octanol–water partition coefficient (Wildman–Crippen LogP) is 2.37. The Morgan fingerprint density at radius 1 is 1.45 bits per heavy atom. The number of H-pyrrole nitrogens is 1. The fourth-order valence-corrected chi connectivity index (χ4v) is 2.28. The standard InChI is InChI=1S/C16H26N4O2/c1-12-14(11-18-19-12)10-17-9-13-5-7-20(8-6-13)15(21)22-16(2,3)4/h5,11,17H,6-10H2,1-4H3,(H,18,19). The van der Waals surface area contributed by atoms with Crippen LogP contribution in [0.1, 0.15) is 38.4 Å². The number of aryl methyl sites for hydroxylation is 1. The minimum atomic E-state index is -0.439. The van der Waals surface area contributed by atoms with Crippen LogP contribution in [0.3, 0.4) is 0 Å². The van der Waals surface area contributed by atoms with Gasteiger partial charge in [-0.3, -0.25) is 5.10 Å². The monoisotopic (exact) mass is 306 g/mol. The molecule has 0 bridgehead atoms. The lowest BCUT2D eigenvalue weighted by Gasteiger charge is -2.29. The van der Waals surface area contributed by atoms with E-state index in [0.29, 0.717) is 13.1 Å². The number of aromatic nitrogens is 2. The van der Waals surface area contributed by atoms with Crippen molar-refractivity contribution in [2.75, 3.05) is 19.6 Å². The van der Waals surface area contributed by atoms with E-state index in [0.717, 1.165) is 25.2 Å². The maximum absolute atomic E-state index is 12.0. The van der Waals surface area contributed by atoms with Crippen LogP contribution >= 0.6 is 0 Å². The Bertz CT molecular complexity index is 543. The van der Waals surface area contributed by atoms with Gasteiger partial charge in [-0.2, -0.15) is 5.10 Å². The summed E-state index contributed by atoms with van der Waals surface area (Å²) in [6.07, 6.45) is 4.62. The van der Waals surface area contributed by atoms with Crippen LogP contribution in [-0.2, 0) is 11.3 Å². The van der Waals surface area contributed by atoms with E-state index in [9.17, 15) is 4.79 Å². The zero-order chi connectivity index (χ0) is 16.2. The molecule has 1 aromatic rings.